The van der Waals surface area contributed by atoms with Gasteiger partial charge in [0.1, 0.15) is 0 Å². The summed E-state index contributed by atoms with van der Waals surface area (Å²) >= 11 is 1.53. The molecule has 0 saturated heterocycles. The second-order valence-corrected chi connectivity index (χ2v) is 4.76. The Hall–Kier alpha value is -2.01. The van der Waals surface area contributed by atoms with Gasteiger partial charge in [-0.15, -0.1) is 11.3 Å². The van der Waals surface area contributed by atoms with Gasteiger partial charge in [0.15, 0.2) is 5.78 Å². The first-order valence-electron chi connectivity index (χ1n) is 5.98. The highest BCUT2D eigenvalue weighted by Gasteiger charge is 2.10. The van der Waals surface area contributed by atoms with E-state index in [9.17, 15) is 9.59 Å². The Morgan fingerprint density at radius 1 is 1.21 bits per heavy atom. The molecular formula is C14H14N2O2S. The van der Waals surface area contributed by atoms with Crippen molar-refractivity contribution in [3.05, 3.63) is 52.5 Å². The van der Waals surface area contributed by atoms with Crippen LogP contribution in [0.2, 0.25) is 0 Å². The summed E-state index contributed by atoms with van der Waals surface area (Å²) in [4.78, 5) is 27.5. The molecule has 0 radical (unpaired) electrons. The van der Waals surface area contributed by atoms with Gasteiger partial charge in [-0.25, -0.2) is 4.98 Å². The van der Waals surface area contributed by atoms with Crippen LogP contribution in [0.4, 0.5) is 0 Å². The highest BCUT2D eigenvalue weighted by molar-refractivity contribution is 7.07. The molecular weight excluding hydrogens is 260 g/mol. The van der Waals surface area contributed by atoms with E-state index in [1.807, 2.05) is 11.4 Å². The lowest BCUT2D eigenvalue weighted by Gasteiger charge is -2.03. The van der Waals surface area contributed by atoms with Crippen LogP contribution in [0, 0.1) is 0 Å². The van der Waals surface area contributed by atoms with Crippen molar-refractivity contribution in [1.29, 1.82) is 0 Å². The molecule has 0 atom stereocenters. The molecule has 2 aromatic rings. The molecule has 5 heteroatoms. The van der Waals surface area contributed by atoms with Crippen LogP contribution < -0.4 is 5.32 Å². The minimum Gasteiger partial charge on any atom is -0.355 e. The number of carbonyl (C=O) groups is 2. The van der Waals surface area contributed by atoms with Crippen LogP contribution in [0.15, 0.2) is 41.2 Å². The minimum absolute atomic E-state index is 0.110. The lowest BCUT2D eigenvalue weighted by molar-refractivity contribution is -0.120. The number of nitrogens with one attached hydrogen (secondary N) is 1. The number of aromatic nitrogens is 1. The molecule has 0 spiro atoms. The molecule has 98 valence electrons. The van der Waals surface area contributed by atoms with E-state index in [0.717, 1.165) is 5.69 Å². The highest BCUT2D eigenvalue weighted by atomic mass is 32.1. The van der Waals surface area contributed by atoms with E-state index in [0.29, 0.717) is 18.5 Å². The maximum Gasteiger partial charge on any atom is 0.227 e. The van der Waals surface area contributed by atoms with Crippen LogP contribution in [0.1, 0.15) is 22.5 Å². The van der Waals surface area contributed by atoms with Gasteiger partial charge in [0.25, 0.3) is 0 Å². The minimum atomic E-state index is -0.246. The second-order valence-electron chi connectivity index (χ2n) is 4.05. The zero-order valence-electron chi connectivity index (χ0n) is 10.3. The van der Waals surface area contributed by atoms with Gasteiger partial charge < -0.3 is 5.32 Å². The number of amides is 1. The van der Waals surface area contributed by atoms with Crippen molar-refractivity contribution in [3.8, 4) is 0 Å². The van der Waals surface area contributed by atoms with Crippen molar-refractivity contribution in [3.63, 3.8) is 0 Å². The fourth-order valence-corrected chi connectivity index (χ4v) is 2.22. The molecule has 0 saturated carbocycles. The molecule has 1 N–H and O–H groups in total. The average Bonchev–Trinajstić information content (AvgIpc) is 2.93. The van der Waals surface area contributed by atoms with Gasteiger partial charge in [0, 0.05) is 23.9 Å². The van der Waals surface area contributed by atoms with Crippen molar-refractivity contribution in [1.82, 2.24) is 10.3 Å². The third-order valence-corrected chi connectivity index (χ3v) is 3.24. The normalized spacial score (nSPS) is 10.1. The Bertz CT molecular complexity index is 538. The molecule has 2 rings (SSSR count). The predicted molar refractivity (Wildman–Crippen MR) is 74.2 cm³/mol. The maximum atomic E-state index is 11.8. The van der Waals surface area contributed by atoms with E-state index < -0.39 is 0 Å². The smallest absolute Gasteiger partial charge is 0.227 e. The van der Waals surface area contributed by atoms with Crippen LogP contribution in [0.25, 0.3) is 0 Å². The summed E-state index contributed by atoms with van der Waals surface area (Å²) in [5.74, 6) is -0.407. The van der Waals surface area contributed by atoms with Gasteiger partial charge in [-0.05, 0) is 0 Å². The summed E-state index contributed by atoms with van der Waals surface area (Å²) in [6, 6.07) is 8.83. The van der Waals surface area contributed by atoms with Gasteiger partial charge >= 0.3 is 0 Å². The highest BCUT2D eigenvalue weighted by Crippen LogP contribution is 2.03. The number of carbonyl (C=O) groups excluding carboxylic acids is 2. The topological polar surface area (TPSA) is 59.1 Å². The lowest BCUT2D eigenvalue weighted by atomic mass is 10.1. The van der Waals surface area contributed by atoms with Crippen molar-refractivity contribution < 1.29 is 9.59 Å². The van der Waals surface area contributed by atoms with E-state index in [1.165, 1.54) is 11.3 Å². The third-order valence-electron chi connectivity index (χ3n) is 2.60. The molecule has 19 heavy (non-hydrogen) atoms. The number of hydrogen-bond donors (Lipinski definition) is 1. The van der Waals surface area contributed by atoms with E-state index in [-0.39, 0.29) is 18.1 Å². The molecule has 0 aliphatic heterocycles. The van der Waals surface area contributed by atoms with Crippen molar-refractivity contribution in [2.45, 2.75) is 12.8 Å². The molecule has 0 aliphatic rings. The Morgan fingerprint density at radius 3 is 2.68 bits per heavy atom. The number of rotatable bonds is 6. The Balaban J connectivity index is 1.74. The average molecular weight is 274 g/mol. The SMILES string of the molecule is O=C(CC(=O)c1ccccc1)NCCc1cscn1. The molecule has 4 nitrogen and oxygen atoms in total. The third kappa shape index (κ3) is 4.30. The number of ketones is 1. The summed E-state index contributed by atoms with van der Waals surface area (Å²) in [6.07, 6.45) is 0.579. The summed E-state index contributed by atoms with van der Waals surface area (Å²) in [5.41, 5.74) is 3.28. The summed E-state index contributed by atoms with van der Waals surface area (Å²) in [7, 11) is 0. The van der Waals surface area contributed by atoms with Crippen molar-refractivity contribution >= 4 is 23.0 Å². The van der Waals surface area contributed by atoms with Gasteiger partial charge in [-0.1, -0.05) is 30.3 Å². The second kappa shape index (κ2) is 6.80. The van der Waals surface area contributed by atoms with Gasteiger partial charge in [-0.2, -0.15) is 0 Å². The molecule has 0 aliphatic carbocycles. The van der Waals surface area contributed by atoms with E-state index in [1.54, 1.807) is 29.8 Å². The Morgan fingerprint density at radius 2 is 2.00 bits per heavy atom. The zero-order chi connectivity index (χ0) is 13.5. The number of hydrogen-bond acceptors (Lipinski definition) is 4. The van der Waals surface area contributed by atoms with Crippen molar-refractivity contribution in [2.24, 2.45) is 0 Å². The summed E-state index contributed by atoms with van der Waals surface area (Å²) in [5, 5.41) is 4.67. The number of Topliss-reactive ketones (excluding diaryl/α,β-unsaturated/α-hetero) is 1. The van der Waals surface area contributed by atoms with Crippen LogP contribution in [-0.2, 0) is 11.2 Å². The quantitative estimate of drug-likeness (QED) is 0.648. The predicted octanol–water partition coefficient (Wildman–Crippen LogP) is 2.07. The first kappa shape index (κ1) is 13.4. The van der Waals surface area contributed by atoms with Crippen LogP contribution in [0.5, 0.6) is 0 Å². The van der Waals surface area contributed by atoms with E-state index in [2.05, 4.69) is 10.3 Å². The number of nitrogens with zero attached hydrogens (tertiary/aromatic N) is 1. The summed E-state index contributed by atoms with van der Waals surface area (Å²) < 4.78 is 0. The first-order valence-corrected chi connectivity index (χ1v) is 6.92. The largest absolute Gasteiger partial charge is 0.355 e. The molecule has 1 aromatic carbocycles. The van der Waals surface area contributed by atoms with E-state index >= 15 is 0 Å². The van der Waals surface area contributed by atoms with Crippen LogP contribution >= 0.6 is 11.3 Å². The molecule has 1 heterocycles. The molecule has 1 amide bonds. The van der Waals surface area contributed by atoms with Crippen LogP contribution in [0.3, 0.4) is 0 Å². The fourth-order valence-electron chi connectivity index (χ4n) is 1.63. The van der Waals surface area contributed by atoms with Crippen molar-refractivity contribution in [2.75, 3.05) is 6.54 Å². The maximum absolute atomic E-state index is 11.8. The van der Waals surface area contributed by atoms with Crippen LogP contribution in [-0.4, -0.2) is 23.2 Å². The van der Waals surface area contributed by atoms with Gasteiger partial charge in [0.05, 0.1) is 17.6 Å². The lowest BCUT2D eigenvalue weighted by Crippen LogP contribution is -2.27. The fraction of sp³-hybridized carbons (Fsp3) is 0.214. The Labute approximate surface area is 115 Å². The molecule has 1 aromatic heterocycles. The number of thiazole rings is 1. The molecule has 0 bridgehead atoms. The zero-order valence-corrected chi connectivity index (χ0v) is 11.2. The van der Waals surface area contributed by atoms with E-state index in [4.69, 9.17) is 0 Å². The molecule has 0 fully saturated rings. The monoisotopic (exact) mass is 274 g/mol. The van der Waals surface area contributed by atoms with Gasteiger partial charge in [-0.3, -0.25) is 9.59 Å². The number of benzene rings is 1. The standard InChI is InChI=1S/C14H14N2O2S/c17-13(11-4-2-1-3-5-11)8-14(18)15-7-6-12-9-19-10-16-12/h1-5,9-10H,6-8H2,(H,15,18). The summed E-state index contributed by atoms with van der Waals surface area (Å²) in [6.45, 7) is 0.505. The molecule has 0 unspecified atom stereocenters. The first-order chi connectivity index (χ1) is 9.25. The van der Waals surface area contributed by atoms with Gasteiger partial charge in [0.2, 0.25) is 5.91 Å². The Kier molecular flexibility index (Phi) is 4.80.